The van der Waals surface area contributed by atoms with Crippen LogP contribution in [0.4, 0.5) is 4.39 Å². The molecule has 18 heavy (non-hydrogen) atoms. The summed E-state index contributed by atoms with van der Waals surface area (Å²) in [6.07, 6.45) is -0.709. The molecule has 0 aliphatic heterocycles. The van der Waals surface area contributed by atoms with Gasteiger partial charge in [0.25, 0.3) is 0 Å². The summed E-state index contributed by atoms with van der Waals surface area (Å²) in [6, 6.07) is 11.1. The van der Waals surface area contributed by atoms with E-state index in [0.717, 1.165) is 0 Å². The maximum Gasteiger partial charge on any atom is 0.166 e. The maximum absolute atomic E-state index is 13.7. The highest BCUT2D eigenvalue weighted by molar-refractivity contribution is 6.30. The highest BCUT2D eigenvalue weighted by Gasteiger charge is 2.08. The average molecular weight is 267 g/mol. The smallest absolute Gasteiger partial charge is 0.166 e. The van der Waals surface area contributed by atoms with E-state index in [0.29, 0.717) is 16.3 Å². The van der Waals surface area contributed by atoms with E-state index in [1.165, 1.54) is 12.1 Å². The maximum atomic E-state index is 13.7. The van der Waals surface area contributed by atoms with Crippen molar-refractivity contribution in [3.05, 3.63) is 58.9 Å². The van der Waals surface area contributed by atoms with E-state index in [-0.39, 0.29) is 5.75 Å². The molecule has 0 spiro atoms. The van der Waals surface area contributed by atoms with Gasteiger partial charge in [0, 0.05) is 5.02 Å². The van der Waals surface area contributed by atoms with Crippen molar-refractivity contribution in [2.45, 2.75) is 13.0 Å². The third-order valence-electron chi connectivity index (χ3n) is 2.46. The predicted octanol–water partition coefficient (Wildman–Crippen LogP) is 4.32. The van der Waals surface area contributed by atoms with E-state index in [9.17, 15) is 9.50 Å². The fraction of sp³-hybridized carbons (Fsp3) is 0.143. The average Bonchev–Trinajstić information content (AvgIpc) is 2.31. The van der Waals surface area contributed by atoms with Gasteiger partial charge in [0.15, 0.2) is 11.6 Å². The lowest BCUT2D eigenvalue weighted by Gasteiger charge is -2.09. The molecule has 0 unspecified atom stereocenters. The van der Waals surface area contributed by atoms with E-state index < -0.39 is 11.9 Å². The van der Waals surface area contributed by atoms with Gasteiger partial charge in [-0.25, -0.2) is 4.39 Å². The van der Waals surface area contributed by atoms with Gasteiger partial charge < -0.3 is 9.84 Å². The van der Waals surface area contributed by atoms with Crippen molar-refractivity contribution in [2.24, 2.45) is 0 Å². The number of aliphatic hydroxyl groups excluding tert-OH is 1. The van der Waals surface area contributed by atoms with Crippen LogP contribution in [0.15, 0.2) is 42.5 Å². The molecule has 1 N–H and O–H groups in total. The minimum absolute atomic E-state index is 0.0988. The summed E-state index contributed by atoms with van der Waals surface area (Å²) in [5.74, 6) is 0.0428. The van der Waals surface area contributed by atoms with Crippen LogP contribution in [0.25, 0.3) is 0 Å². The summed E-state index contributed by atoms with van der Waals surface area (Å²) in [5.41, 5.74) is 0.506. The van der Waals surface area contributed by atoms with Gasteiger partial charge in [-0.2, -0.15) is 0 Å². The third kappa shape index (κ3) is 3.00. The summed E-state index contributed by atoms with van der Waals surface area (Å²) < 4.78 is 19.1. The lowest BCUT2D eigenvalue weighted by Crippen LogP contribution is -1.94. The van der Waals surface area contributed by atoms with Gasteiger partial charge >= 0.3 is 0 Å². The minimum Gasteiger partial charge on any atom is -0.454 e. The van der Waals surface area contributed by atoms with Crippen LogP contribution in [0.5, 0.6) is 11.5 Å². The topological polar surface area (TPSA) is 29.5 Å². The third-order valence-corrected chi connectivity index (χ3v) is 2.70. The Kier molecular flexibility index (Phi) is 3.84. The highest BCUT2D eigenvalue weighted by atomic mass is 35.5. The Labute approximate surface area is 110 Å². The fourth-order valence-electron chi connectivity index (χ4n) is 1.52. The van der Waals surface area contributed by atoms with Crippen LogP contribution < -0.4 is 4.74 Å². The van der Waals surface area contributed by atoms with E-state index in [2.05, 4.69) is 0 Å². The van der Waals surface area contributed by atoms with Crippen LogP contribution in [0.3, 0.4) is 0 Å². The first-order valence-electron chi connectivity index (χ1n) is 5.47. The molecule has 4 heteroatoms. The van der Waals surface area contributed by atoms with Gasteiger partial charge in [-0.05, 0) is 42.8 Å². The van der Waals surface area contributed by atoms with Gasteiger partial charge in [-0.15, -0.1) is 0 Å². The molecule has 1 atom stereocenters. The van der Waals surface area contributed by atoms with Crippen LogP contribution in [0.1, 0.15) is 18.6 Å². The Hall–Kier alpha value is -1.58. The normalized spacial score (nSPS) is 12.2. The summed E-state index contributed by atoms with van der Waals surface area (Å²) in [5, 5.41) is 9.86. The lowest BCUT2D eigenvalue weighted by molar-refractivity contribution is 0.198. The highest BCUT2D eigenvalue weighted by Crippen LogP contribution is 2.28. The van der Waals surface area contributed by atoms with Crippen molar-refractivity contribution >= 4 is 11.6 Å². The summed E-state index contributed by atoms with van der Waals surface area (Å²) in [6.45, 7) is 1.58. The molecule has 0 radical (unpaired) electrons. The molecule has 2 aromatic rings. The van der Waals surface area contributed by atoms with Gasteiger partial charge in [0.05, 0.1) is 6.10 Å². The molecule has 0 saturated heterocycles. The van der Waals surface area contributed by atoms with E-state index in [1.807, 2.05) is 0 Å². The van der Waals surface area contributed by atoms with Crippen LogP contribution in [-0.4, -0.2) is 5.11 Å². The molecule has 0 aliphatic rings. The molecule has 0 heterocycles. The largest absolute Gasteiger partial charge is 0.454 e. The second-order valence-corrected chi connectivity index (χ2v) is 4.36. The molecule has 0 bridgehead atoms. The molecule has 0 fully saturated rings. The summed E-state index contributed by atoms with van der Waals surface area (Å²) in [4.78, 5) is 0. The van der Waals surface area contributed by atoms with Crippen LogP contribution in [0.2, 0.25) is 5.02 Å². The Morgan fingerprint density at radius 1 is 1.22 bits per heavy atom. The number of ether oxygens (including phenoxy) is 1. The lowest BCUT2D eigenvalue weighted by atomic mass is 10.1. The SMILES string of the molecule is C[C@H](O)c1ccc(Oc2cccc(Cl)c2)c(F)c1. The second-order valence-electron chi connectivity index (χ2n) is 3.93. The van der Waals surface area contributed by atoms with Gasteiger partial charge in [0.2, 0.25) is 0 Å². The number of hydrogen-bond acceptors (Lipinski definition) is 2. The van der Waals surface area contributed by atoms with Crippen molar-refractivity contribution in [3.63, 3.8) is 0 Å². The quantitative estimate of drug-likeness (QED) is 0.896. The van der Waals surface area contributed by atoms with Crippen molar-refractivity contribution in [2.75, 3.05) is 0 Å². The summed E-state index contributed by atoms with van der Waals surface area (Å²) >= 11 is 5.81. The molecular formula is C14H12ClFO2. The standard InChI is InChI=1S/C14H12ClFO2/c1-9(17)10-5-6-14(13(16)7-10)18-12-4-2-3-11(15)8-12/h2-9,17H,1H3/t9-/m0/s1. The van der Waals surface area contributed by atoms with E-state index in [4.69, 9.17) is 16.3 Å². The van der Waals surface area contributed by atoms with Crippen molar-refractivity contribution < 1.29 is 14.2 Å². The Morgan fingerprint density at radius 3 is 2.61 bits per heavy atom. The Balaban J connectivity index is 2.24. The Bertz CT molecular complexity index is 555. The number of rotatable bonds is 3. The van der Waals surface area contributed by atoms with E-state index in [1.54, 1.807) is 37.3 Å². The van der Waals surface area contributed by atoms with Crippen molar-refractivity contribution in [1.29, 1.82) is 0 Å². The molecular weight excluding hydrogens is 255 g/mol. The number of benzene rings is 2. The van der Waals surface area contributed by atoms with Crippen LogP contribution >= 0.6 is 11.6 Å². The predicted molar refractivity (Wildman–Crippen MR) is 68.6 cm³/mol. The molecule has 0 saturated carbocycles. The molecule has 2 rings (SSSR count). The zero-order valence-corrected chi connectivity index (χ0v) is 10.5. The Morgan fingerprint density at radius 2 is 2.00 bits per heavy atom. The first-order chi connectivity index (χ1) is 8.56. The van der Waals surface area contributed by atoms with Crippen molar-refractivity contribution in [3.8, 4) is 11.5 Å². The summed E-state index contributed by atoms with van der Waals surface area (Å²) in [7, 11) is 0. The monoisotopic (exact) mass is 266 g/mol. The first kappa shape index (κ1) is 12.9. The molecule has 0 aromatic heterocycles. The van der Waals surface area contributed by atoms with Gasteiger partial charge in [-0.1, -0.05) is 23.7 Å². The molecule has 94 valence electrons. The van der Waals surface area contributed by atoms with Gasteiger partial charge in [-0.3, -0.25) is 0 Å². The van der Waals surface area contributed by atoms with E-state index >= 15 is 0 Å². The minimum atomic E-state index is -0.709. The number of aliphatic hydroxyl groups is 1. The first-order valence-corrected chi connectivity index (χ1v) is 5.85. The zero-order chi connectivity index (χ0) is 13.1. The van der Waals surface area contributed by atoms with Gasteiger partial charge in [0.1, 0.15) is 5.75 Å². The second kappa shape index (κ2) is 5.38. The van der Waals surface area contributed by atoms with Crippen LogP contribution in [-0.2, 0) is 0 Å². The molecule has 0 aliphatic carbocycles. The molecule has 2 aromatic carbocycles. The van der Waals surface area contributed by atoms with Crippen LogP contribution in [0, 0.1) is 5.82 Å². The van der Waals surface area contributed by atoms with Crippen molar-refractivity contribution in [1.82, 2.24) is 0 Å². The number of hydrogen-bond donors (Lipinski definition) is 1. The molecule has 0 amide bonds. The molecule has 2 nitrogen and oxygen atoms in total. The number of halogens is 2. The zero-order valence-electron chi connectivity index (χ0n) is 9.73. The fourth-order valence-corrected chi connectivity index (χ4v) is 1.70.